The Bertz CT molecular complexity index is 1000. The zero-order valence-corrected chi connectivity index (χ0v) is 17.5. The Balaban J connectivity index is 1.36. The molecule has 0 bridgehead atoms. The van der Waals surface area contributed by atoms with Crippen molar-refractivity contribution in [3.05, 3.63) is 72.1 Å². The highest BCUT2D eigenvalue weighted by Crippen LogP contribution is 2.24. The van der Waals surface area contributed by atoms with Crippen LogP contribution in [0.2, 0.25) is 0 Å². The van der Waals surface area contributed by atoms with Gasteiger partial charge in [0.05, 0.1) is 6.04 Å². The zero-order chi connectivity index (χ0) is 21.6. The van der Waals surface area contributed by atoms with Crippen LogP contribution in [-0.4, -0.2) is 44.9 Å². The molecule has 8 heteroatoms. The van der Waals surface area contributed by atoms with Gasteiger partial charge in [0.1, 0.15) is 0 Å². The maximum Gasteiger partial charge on any atom is 0.251 e. The molecule has 0 aliphatic carbocycles. The summed E-state index contributed by atoms with van der Waals surface area (Å²) in [5, 5.41) is 6.32. The number of carbonyl (C=O) groups excluding carboxylic acids is 1. The minimum Gasteiger partial charge on any atom is -0.368 e. The van der Waals surface area contributed by atoms with Gasteiger partial charge in [0.15, 0.2) is 5.82 Å². The number of rotatable bonds is 6. The summed E-state index contributed by atoms with van der Waals surface area (Å²) in [5.41, 5.74) is 7.53. The van der Waals surface area contributed by atoms with E-state index in [0.717, 1.165) is 31.6 Å². The van der Waals surface area contributed by atoms with Gasteiger partial charge in [0.25, 0.3) is 5.91 Å². The van der Waals surface area contributed by atoms with E-state index in [0.29, 0.717) is 17.3 Å². The second-order valence-corrected chi connectivity index (χ2v) is 7.69. The molecule has 4 rings (SSSR count). The second kappa shape index (κ2) is 9.53. The largest absolute Gasteiger partial charge is 0.368 e. The van der Waals surface area contributed by atoms with Crippen LogP contribution in [0.15, 0.2) is 60.7 Å². The van der Waals surface area contributed by atoms with Gasteiger partial charge in [-0.3, -0.25) is 9.69 Å². The predicted molar refractivity (Wildman–Crippen MR) is 121 cm³/mol. The minimum atomic E-state index is -0.0195. The number of hydrogen-bond donors (Lipinski definition) is 3. The van der Waals surface area contributed by atoms with Gasteiger partial charge in [0, 0.05) is 30.4 Å². The number of nitrogens with two attached hydrogens (primary N) is 1. The van der Waals surface area contributed by atoms with Gasteiger partial charge in [-0.05, 0) is 44.0 Å². The van der Waals surface area contributed by atoms with E-state index in [-0.39, 0.29) is 23.9 Å². The molecule has 0 spiro atoms. The van der Waals surface area contributed by atoms with Crippen molar-refractivity contribution >= 4 is 23.5 Å². The van der Waals surface area contributed by atoms with Gasteiger partial charge in [-0.2, -0.15) is 15.0 Å². The average molecular weight is 418 g/mol. The third-order valence-electron chi connectivity index (χ3n) is 5.52. The van der Waals surface area contributed by atoms with E-state index in [4.69, 9.17) is 5.73 Å². The number of piperidine rings is 1. The number of nitrogens with one attached hydrogen (secondary N) is 2. The SMILES string of the molecule is C[C@@H](c1nc(N)nc(Nc2ccccc2)n1)N1CCC(NC(=O)c2ccccc2)CC1. The van der Waals surface area contributed by atoms with E-state index in [1.54, 1.807) is 0 Å². The molecule has 1 atom stereocenters. The van der Waals surface area contributed by atoms with Crippen molar-refractivity contribution in [3.63, 3.8) is 0 Å². The Kier molecular flexibility index (Phi) is 6.37. The molecule has 4 N–H and O–H groups in total. The summed E-state index contributed by atoms with van der Waals surface area (Å²) in [5.74, 6) is 1.25. The van der Waals surface area contributed by atoms with Crippen LogP contribution < -0.4 is 16.4 Å². The maximum absolute atomic E-state index is 12.4. The molecule has 1 amide bonds. The molecule has 1 saturated heterocycles. The highest BCUT2D eigenvalue weighted by Gasteiger charge is 2.26. The summed E-state index contributed by atoms with van der Waals surface area (Å²) in [6.07, 6.45) is 1.75. The Morgan fingerprint density at radius 1 is 1.00 bits per heavy atom. The van der Waals surface area contributed by atoms with Crippen LogP contribution in [0.3, 0.4) is 0 Å². The summed E-state index contributed by atoms with van der Waals surface area (Å²) in [7, 11) is 0. The number of hydrogen-bond acceptors (Lipinski definition) is 7. The Labute approximate surface area is 181 Å². The number of nitrogens with zero attached hydrogens (tertiary/aromatic N) is 4. The molecule has 3 aromatic rings. The van der Waals surface area contributed by atoms with Crippen LogP contribution in [0.1, 0.15) is 42.0 Å². The minimum absolute atomic E-state index is 0.00704. The molecule has 0 unspecified atom stereocenters. The molecule has 2 heterocycles. The number of nitrogen functional groups attached to an aromatic ring is 1. The van der Waals surface area contributed by atoms with Crippen molar-refractivity contribution < 1.29 is 4.79 Å². The fourth-order valence-electron chi connectivity index (χ4n) is 3.76. The van der Waals surface area contributed by atoms with E-state index in [9.17, 15) is 4.79 Å². The third-order valence-corrected chi connectivity index (χ3v) is 5.52. The molecule has 31 heavy (non-hydrogen) atoms. The van der Waals surface area contributed by atoms with Crippen LogP contribution in [0.25, 0.3) is 0 Å². The average Bonchev–Trinajstić information content (AvgIpc) is 2.80. The number of carbonyl (C=O) groups is 1. The van der Waals surface area contributed by atoms with Crippen molar-refractivity contribution in [1.29, 1.82) is 0 Å². The van der Waals surface area contributed by atoms with E-state index in [1.807, 2.05) is 60.7 Å². The molecule has 8 nitrogen and oxygen atoms in total. The standard InChI is InChI=1S/C23H27N7O/c1-16(20-27-22(24)29-23(28-20)26-18-10-6-3-7-11-18)30-14-12-19(13-15-30)25-21(31)17-8-4-2-5-9-17/h2-11,16,19H,12-15H2,1H3,(H,25,31)(H3,24,26,27,28,29)/t16-/m0/s1. The highest BCUT2D eigenvalue weighted by molar-refractivity contribution is 5.94. The Morgan fingerprint density at radius 2 is 1.65 bits per heavy atom. The molecule has 0 saturated carbocycles. The summed E-state index contributed by atoms with van der Waals surface area (Å²) >= 11 is 0. The molecule has 160 valence electrons. The zero-order valence-electron chi connectivity index (χ0n) is 17.5. The first-order valence-electron chi connectivity index (χ1n) is 10.5. The van der Waals surface area contributed by atoms with Crippen molar-refractivity contribution in [2.45, 2.75) is 31.8 Å². The summed E-state index contributed by atoms with van der Waals surface area (Å²) in [4.78, 5) is 27.9. The van der Waals surface area contributed by atoms with Gasteiger partial charge >= 0.3 is 0 Å². The second-order valence-electron chi connectivity index (χ2n) is 7.69. The van der Waals surface area contributed by atoms with Crippen LogP contribution in [-0.2, 0) is 0 Å². The molecule has 1 aromatic heterocycles. The van der Waals surface area contributed by atoms with Crippen molar-refractivity contribution in [2.75, 3.05) is 24.1 Å². The summed E-state index contributed by atoms with van der Waals surface area (Å²) in [6, 6.07) is 19.2. The van der Waals surface area contributed by atoms with Crippen molar-refractivity contribution in [3.8, 4) is 0 Å². The maximum atomic E-state index is 12.4. The molecular formula is C23H27N7O. The number of anilines is 3. The van der Waals surface area contributed by atoms with E-state index in [1.165, 1.54) is 0 Å². The smallest absolute Gasteiger partial charge is 0.251 e. The number of likely N-dealkylation sites (tertiary alicyclic amines) is 1. The van der Waals surface area contributed by atoms with Crippen LogP contribution in [0.5, 0.6) is 0 Å². The number of aromatic nitrogens is 3. The van der Waals surface area contributed by atoms with Crippen LogP contribution in [0.4, 0.5) is 17.6 Å². The first-order valence-corrected chi connectivity index (χ1v) is 10.5. The van der Waals surface area contributed by atoms with Gasteiger partial charge in [-0.15, -0.1) is 0 Å². The lowest BCUT2D eigenvalue weighted by Crippen LogP contribution is -2.45. The van der Waals surface area contributed by atoms with Crippen molar-refractivity contribution in [2.24, 2.45) is 0 Å². The fraction of sp³-hybridized carbons (Fsp3) is 0.304. The van der Waals surface area contributed by atoms with Crippen LogP contribution >= 0.6 is 0 Å². The quantitative estimate of drug-likeness (QED) is 0.565. The molecule has 0 radical (unpaired) electrons. The normalized spacial score (nSPS) is 15.9. The predicted octanol–water partition coefficient (Wildman–Crippen LogP) is 3.15. The fourth-order valence-corrected chi connectivity index (χ4v) is 3.76. The summed E-state index contributed by atoms with van der Waals surface area (Å²) < 4.78 is 0. The molecular weight excluding hydrogens is 390 g/mol. The first-order chi connectivity index (χ1) is 15.1. The van der Waals surface area contributed by atoms with Gasteiger partial charge in [-0.1, -0.05) is 36.4 Å². The van der Waals surface area contributed by atoms with Gasteiger partial charge in [0.2, 0.25) is 11.9 Å². The topological polar surface area (TPSA) is 109 Å². The number of para-hydroxylation sites is 1. The van der Waals surface area contributed by atoms with Gasteiger partial charge < -0.3 is 16.4 Å². The molecule has 1 aliphatic rings. The first kappa shape index (κ1) is 20.7. The highest BCUT2D eigenvalue weighted by atomic mass is 16.1. The lowest BCUT2D eigenvalue weighted by Gasteiger charge is -2.35. The molecule has 1 fully saturated rings. The third kappa shape index (κ3) is 5.35. The van der Waals surface area contributed by atoms with Crippen LogP contribution in [0, 0.1) is 0 Å². The van der Waals surface area contributed by atoms with Gasteiger partial charge in [-0.25, -0.2) is 0 Å². The lowest BCUT2D eigenvalue weighted by atomic mass is 10.0. The Hall–Kier alpha value is -3.52. The van der Waals surface area contributed by atoms with E-state index < -0.39 is 0 Å². The molecule has 2 aromatic carbocycles. The van der Waals surface area contributed by atoms with E-state index in [2.05, 4.69) is 37.4 Å². The lowest BCUT2D eigenvalue weighted by molar-refractivity contribution is 0.0893. The van der Waals surface area contributed by atoms with E-state index >= 15 is 0 Å². The monoisotopic (exact) mass is 417 g/mol. The number of benzene rings is 2. The molecule has 1 aliphatic heterocycles. The number of amides is 1. The Morgan fingerprint density at radius 3 is 2.32 bits per heavy atom. The summed E-state index contributed by atoms with van der Waals surface area (Å²) in [6.45, 7) is 3.76. The van der Waals surface area contributed by atoms with Crippen molar-refractivity contribution in [1.82, 2.24) is 25.2 Å².